The zero-order valence-corrected chi connectivity index (χ0v) is 13.5. The van der Waals surface area contributed by atoms with Crippen LogP contribution >= 0.6 is 0 Å². The van der Waals surface area contributed by atoms with Gasteiger partial charge in [0.2, 0.25) is 0 Å². The summed E-state index contributed by atoms with van der Waals surface area (Å²) in [4.78, 5) is 13.8. The number of carbonyl (C=O) groups excluding carboxylic acids is 1. The van der Waals surface area contributed by atoms with Crippen LogP contribution in [-0.2, 0) is 4.79 Å². The summed E-state index contributed by atoms with van der Waals surface area (Å²) in [6, 6.07) is 15.0. The zero-order valence-electron chi connectivity index (χ0n) is 13.5. The Morgan fingerprint density at radius 1 is 1.13 bits per heavy atom. The molecule has 0 aromatic heterocycles. The molecule has 2 N–H and O–H groups in total. The van der Waals surface area contributed by atoms with Gasteiger partial charge in [0.05, 0.1) is 6.61 Å². The van der Waals surface area contributed by atoms with Crippen LogP contribution in [0.2, 0.25) is 0 Å². The predicted molar refractivity (Wildman–Crippen MR) is 92.1 cm³/mol. The third-order valence-electron chi connectivity index (χ3n) is 3.42. The Morgan fingerprint density at radius 3 is 2.39 bits per heavy atom. The smallest absolute Gasteiger partial charge is 0.262 e. The van der Waals surface area contributed by atoms with E-state index in [4.69, 9.17) is 9.84 Å². The molecule has 0 aliphatic rings. The standard InChI is InChI=1S/C18H22N2O3/c1-14-3-9-17(10-4-14)23-13-18(22)19-15-5-7-16(8-6-15)20(2)11-12-21/h3-10,21H,11-13H2,1-2H3,(H,19,22). The number of hydrogen-bond acceptors (Lipinski definition) is 4. The molecular formula is C18H22N2O3. The molecule has 23 heavy (non-hydrogen) atoms. The minimum atomic E-state index is -0.206. The number of carbonyl (C=O) groups is 1. The van der Waals surface area contributed by atoms with Crippen LogP contribution in [0.3, 0.4) is 0 Å². The van der Waals surface area contributed by atoms with Crippen LogP contribution in [-0.4, -0.2) is 37.8 Å². The highest BCUT2D eigenvalue weighted by molar-refractivity contribution is 5.92. The Kier molecular flexibility index (Phi) is 6.00. The number of ether oxygens (including phenoxy) is 1. The van der Waals surface area contributed by atoms with Crippen molar-refractivity contribution in [3.63, 3.8) is 0 Å². The van der Waals surface area contributed by atoms with E-state index in [-0.39, 0.29) is 19.1 Å². The van der Waals surface area contributed by atoms with Gasteiger partial charge in [-0.25, -0.2) is 0 Å². The molecule has 0 saturated heterocycles. The van der Waals surface area contributed by atoms with Crippen molar-refractivity contribution in [1.82, 2.24) is 0 Å². The van der Waals surface area contributed by atoms with Gasteiger partial charge in [0.25, 0.3) is 5.91 Å². The predicted octanol–water partition coefficient (Wildman–Crippen LogP) is 2.44. The van der Waals surface area contributed by atoms with Crippen LogP contribution in [0.15, 0.2) is 48.5 Å². The van der Waals surface area contributed by atoms with Crippen molar-refractivity contribution < 1.29 is 14.6 Å². The van der Waals surface area contributed by atoms with Crippen LogP contribution < -0.4 is 15.0 Å². The lowest BCUT2D eigenvalue weighted by atomic mass is 10.2. The minimum absolute atomic E-state index is 0.0325. The highest BCUT2D eigenvalue weighted by Crippen LogP contribution is 2.17. The molecule has 2 rings (SSSR count). The maximum Gasteiger partial charge on any atom is 0.262 e. The van der Waals surface area contributed by atoms with Gasteiger partial charge in [0.1, 0.15) is 5.75 Å². The zero-order chi connectivity index (χ0) is 16.7. The number of aryl methyl sites for hydroxylation is 1. The highest BCUT2D eigenvalue weighted by atomic mass is 16.5. The summed E-state index contributed by atoms with van der Waals surface area (Å²) >= 11 is 0. The van der Waals surface area contributed by atoms with Gasteiger partial charge < -0.3 is 20.1 Å². The van der Waals surface area contributed by atoms with Crippen LogP contribution in [0.5, 0.6) is 5.75 Å². The average molecular weight is 314 g/mol. The summed E-state index contributed by atoms with van der Waals surface area (Å²) in [5.74, 6) is 0.466. The fourth-order valence-electron chi connectivity index (χ4n) is 2.06. The second-order valence-corrected chi connectivity index (χ2v) is 5.34. The van der Waals surface area contributed by atoms with Crippen molar-refractivity contribution in [3.8, 4) is 5.75 Å². The van der Waals surface area contributed by atoms with Crippen molar-refractivity contribution in [2.45, 2.75) is 6.92 Å². The molecule has 2 aromatic rings. The molecule has 0 aliphatic carbocycles. The molecule has 0 unspecified atom stereocenters. The van der Waals surface area contributed by atoms with Gasteiger partial charge in [-0.05, 0) is 43.3 Å². The van der Waals surface area contributed by atoms with E-state index in [0.717, 1.165) is 11.3 Å². The Labute approximate surface area is 136 Å². The fourth-order valence-corrected chi connectivity index (χ4v) is 2.06. The van der Waals surface area contributed by atoms with Crippen molar-refractivity contribution in [2.75, 3.05) is 37.0 Å². The number of amides is 1. The van der Waals surface area contributed by atoms with Gasteiger partial charge >= 0.3 is 0 Å². The number of aliphatic hydroxyl groups excluding tert-OH is 1. The summed E-state index contributed by atoms with van der Waals surface area (Å²) in [5, 5.41) is 11.7. The molecule has 0 bridgehead atoms. The first-order chi connectivity index (χ1) is 11.1. The molecule has 0 fully saturated rings. The number of benzene rings is 2. The van der Waals surface area contributed by atoms with E-state index in [1.807, 2.05) is 67.4 Å². The number of anilines is 2. The number of rotatable bonds is 7. The van der Waals surface area contributed by atoms with Crippen LogP contribution in [0, 0.1) is 6.92 Å². The van der Waals surface area contributed by atoms with Crippen LogP contribution in [0.1, 0.15) is 5.56 Å². The van der Waals surface area contributed by atoms with Crippen molar-refractivity contribution in [3.05, 3.63) is 54.1 Å². The summed E-state index contributed by atoms with van der Waals surface area (Å²) in [6.45, 7) is 2.63. The Balaban J connectivity index is 1.84. The fraction of sp³-hybridized carbons (Fsp3) is 0.278. The molecule has 0 saturated carbocycles. The third kappa shape index (κ3) is 5.30. The van der Waals surface area contributed by atoms with Crippen molar-refractivity contribution in [1.29, 1.82) is 0 Å². The molecule has 5 nitrogen and oxygen atoms in total. The molecule has 0 atom stereocenters. The third-order valence-corrected chi connectivity index (χ3v) is 3.42. The molecule has 2 aromatic carbocycles. The summed E-state index contributed by atoms with van der Waals surface area (Å²) in [5.41, 5.74) is 2.84. The Hall–Kier alpha value is -2.53. The number of likely N-dealkylation sites (N-methyl/N-ethyl adjacent to an activating group) is 1. The van der Waals surface area contributed by atoms with Crippen molar-refractivity contribution >= 4 is 17.3 Å². The van der Waals surface area contributed by atoms with Gasteiger partial charge in [-0.15, -0.1) is 0 Å². The summed E-state index contributed by atoms with van der Waals surface area (Å²) in [6.07, 6.45) is 0. The first-order valence-corrected chi connectivity index (χ1v) is 7.50. The maximum absolute atomic E-state index is 11.9. The summed E-state index contributed by atoms with van der Waals surface area (Å²) in [7, 11) is 1.90. The maximum atomic E-state index is 11.9. The average Bonchev–Trinajstić information content (AvgIpc) is 2.55. The number of hydrogen-bond donors (Lipinski definition) is 2. The molecule has 0 heterocycles. The lowest BCUT2D eigenvalue weighted by Crippen LogP contribution is -2.21. The number of nitrogens with zero attached hydrogens (tertiary/aromatic N) is 1. The summed E-state index contributed by atoms with van der Waals surface area (Å²) < 4.78 is 5.44. The van der Waals surface area contributed by atoms with Crippen molar-refractivity contribution in [2.24, 2.45) is 0 Å². The highest BCUT2D eigenvalue weighted by Gasteiger charge is 2.05. The monoisotopic (exact) mass is 314 g/mol. The van der Waals surface area contributed by atoms with Gasteiger partial charge in [-0.3, -0.25) is 4.79 Å². The van der Waals surface area contributed by atoms with E-state index in [1.165, 1.54) is 0 Å². The van der Waals surface area contributed by atoms with E-state index in [9.17, 15) is 4.79 Å². The van der Waals surface area contributed by atoms with E-state index in [1.54, 1.807) is 0 Å². The van der Waals surface area contributed by atoms with Crippen LogP contribution in [0.25, 0.3) is 0 Å². The molecule has 1 amide bonds. The van der Waals surface area contributed by atoms with Gasteiger partial charge in [0.15, 0.2) is 6.61 Å². The second kappa shape index (κ2) is 8.19. The Morgan fingerprint density at radius 2 is 1.78 bits per heavy atom. The van der Waals surface area contributed by atoms with Gasteiger partial charge in [0, 0.05) is 25.0 Å². The van der Waals surface area contributed by atoms with E-state index in [0.29, 0.717) is 18.0 Å². The molecule has 122 valence electrons. The topological polar surface area (TPSA) is 61.8 Å². The Bertz CT molecular complexity index is 624. The first-order valence-electron chi connectivity index (χ1n) is 7.50. The molecular weight excluding hydrogens is 292 g/mol. The molecule has 0 aliphatic heterocycles. The second-order valence-electron chi connectivity index (χ2n) is 5.34. The largest absolute Gasteiger partial charge is 0.484 e. The minimum Gasteiger partial charge on any atom is -0.484 e. The van der Waals surface area contributed by atoms with E-state index in [2.05, 4.69) is 5.32 Å². The normalized spacial score (nSPS) is 10.2. The number of aliphatic hydroxyl groups is 1. The SMILES string of the molecule is Cc1ccc(OCC(=O)Nc2ccc(N(C)CCO)cc2)cc1. The molecule has 0 spiro atoms. The van der Waals surface area contributed by atoms with Gasteiger partial charge in [-0.1, -0.05) is 17.7 Å². The lowest BCUT2D eigenvalue weighted by molar-refractivity contribution is -0.118. The molecule has 5 heteroatoms. The molecule has 0 radical (unpaired) electrons. The quantitative estimate of drug-likeness (QED) is 0.824. The lowest BCUT2D eigenvalue weighted by Gasteiger charge is -2.18. The number of nitrogens with one attached hydrogen (secondary N) is 1. The van der Waals surface area contributed by atoms with Crippen LogP contribution in [0.4, 0.5) is 11.4 Å². The van der Waals surface area contributed by atoms with Gasteiger partial charge in [-0.2, -0.15) is 0 Å². The van der Waals surface area contributed by atoms with E-state index < -0.39 is 0 Å². The first kappa shape index (κ1) is 16.8. The van der Waals surface area contributed by atoms with E-state index >= 15 is 0 Å².